The molecule has 0 unspecified atom stereocenters. The summed E-state index contributed by atoms with van der Waals surface area (Å²) in [6.45, 7) is 1.76. The Hall–Kier alpha value is -2.55. The molecule has 2 rings (SSSR count). The fraction of sp³-hybridized carbons (Fsp3) is 0.111. The van der Waals surface area contributed by atoms with Crippen LogP contribution in [0.3, 0.4) is 0 Å². The number of hydrogen-bond acceptors (Lipinski definition) is 3. The Balaban J connectivity index is 2.38. The molecule has 0 aliphatic carbocycles. The van der Waals surface area contributed by atoms with Crippen LogP contribution in [0.15, 0.2) is 35.9 Å². The van der Waals surface area contributed by atoms with Crippen LogP contribution in [0.5, 0.6) is 5.75 Å². The second kappa shape index (κ2) is 8.02. The Labute approximate surface area is 154 Å². The van der Waals surface area contributed by atoms with Crippen molar-refractivity contribution in [3.8, 4) is 11.8 Å². The van der Waals surface area contributed by atoms with Crippen LogP contribution in [0, 0.1) is 24.1 Å². The highest BCUT2D eigenvalue weighted by Gasteiger charge is 2.15. The van der Waals surface area contributed by atoms with E-state index >= 15 is 0 Å². The number of halogens is 3. The predicted octanol–water partition coefficient (Wildman–Crippen LogP) is 5.00. The topological polar surface area (TPSA) is 62.1 Å². The third-order valence-electron chi connectivity index (χ3n) is 3.38. The fourth-order valence-corrected chi connectivity index (χ4v) is 2.43. The highest BCUT2D eigenvalue weighted by Crippen LogP contribution is 2.31. The zero-order valence-electron chi connectivity index (χ0n) is 13.4. The van der Waals surface area contributed by atoms with Gasteiger partial charge < -0.3 is 10.1 Å². The molecule has 2 aromatic rings. The summed E-state index contributed by atoms with van der Waals surface area (Å²) < 4.78 is 19.0. The average molecular weight is 379 g/mol. The maximum Gasteiger partial charge on any atom is 0.266 e. The van der Waals surface area contributed by atoms with Crippen molar-refractivity contribution in [3.63, 3.8) is 0 Å². The van der Waals surface area contributed by atoms with E-state index in [9.17, 15) is 14.4 Å². The molecule has 0 atom stereocenters. The summed E-state index contributed by atoms with van der Waals surface area (Å²) >= 11 is 11.9. The van der Waals surface area contributed by atoms with Gasteiger partial charge in [0.15, 0.2) is 0 Å². The lowest BCUT2D eigenvalue weighted by Gasteiger charge is -2.12. The summed E-state index contributed by atoms with van der Waals surface area (Å²) in [7, 11) is 1.43. The second-order valence-corrected chi connectivity index (χ2v) is 5.88. The van der Waals surface area contributed by atoms with Crippen molar-refractivity contribution in [1.82, 2.24) is 0 Å². The average Bonchev–Trinajstić information content (AvgIpc) is 2.57. The number of rotatable bonds is 4. The molecule has 0 aliphatic heterocycles. The zero-order chi connectivity index (χ0) is 18.6. The highest BCUT2D eigenvalue weighted by molar-refractivity contribution is 6.32. The number of amides is 1. The normalized spacial score (nSPS) is 11.0. The Kier molecular flexibility index (Phi) is 6.02. The molecule has 128 valence electrons. The number of carbonyl (C=O) groups excluding carboxylic acids is 1. The largest absolute Gasteiger partial charge is 0.495 e. The van der Waals surface area contributed by atoms with Gasteiger partial charge >= 0.3 is 0 Å². The quantitative estimate of drug-likeness (QED) is 0.601. The van der Waals surface area contributed by atoms with Gasteiger partial charge in [-0.15, -0.1) is 0 Å². The summed E-state index contributed by atoms with van der Waals surface area (Å²) in [6, 6.07) is 9.00. The van der Waals surface area contributed by atoms with Gasteiger partial charge in [0.1, 0.15) is 23.2 Å². The molecule has 2 aromatic carbocycles. The molecule has 1 amide bonds. The SMILES string of the molecule is COc1cc(Cl)c(C)cc1NC(=O)/C(C#N)=C/c1c(F)cccc1Cl. The first-order chi connectivity index (χ1) is 11.9. The van der Waals surface area contributed by atoms with Crippen LogP contribution in [0.4, 0.5) is 10.1 Å². The summed E-state index contributed by atoms with van der Waals surface area (Å²) in [5.41, 5.74) is 0.726. The van der Waals surface area contributed by atoms with Gasteiger partial charge in [-0.05, 0) is 36.8 Å². The fourth-order valence-electron chi connectivity index (χ4n) is 2.06. The van der Waals surface area contributed by atoms with Crippen LogP contribution in [0.25, 0.3) is 6.08 Å². The number of carbonyl (C=O) groups is 1. The smallest absolute Gasteiger partial charge is 0.266 e. The predicted molar refractivity (Wildman–Crippen MR) is 96.4 cm³/mol. The minimum atomic E-state index is -0.721. The van der Waals surface area contributed by atoms with E-state index < -0.39 is 11.7 Å². The van der Waals surface area contributed by atoms with E-state index in [1.165, 1.54) is 25.3 Å². The lowest BCUT2D eigenvalue weighted by molar-refractivity contribution is -0.112. The van der Waals surface area contributed by atoms with Crippen LogP contribution in [0.1, 0.15) is 11.1 Å². The van der Waals surface area contributed by atoms with E-state index in [1.54, 1.807) is 25.1 Å². The van der Waals surface area contributed by atoms with Gasteiger partial charge in [-0.1, -0.05) is 29.3 Å². The molecule has 0 heterocycles. The van der Waals surface area contributed by atoms with Gasteiger partial charge in [-0.25, -0.2) is 4.39 Å². The molecule has 0 spiro atoms. The van der Waals surface area contributed by atoms with E-state index in [0.29, 0.717) is 16.5 Å². The number of benzene rings is 2. The zero-order valence-corrected chi connectivity index (χ0v) is 14.9. The third-order valence-corrected chi connectivity index (χ3v) is 4.12. The number of nitrogens with one attached hydrogen (secondary N) is 1. The van der Waals surface area contributed by atoms with Crippen molar-refractivity contribution in [1.29, 1.82) is 5.26 Å². The maximum atomic E-state index is 13.8. The van der Waals surface area contributed by atoms with Crippen LogP contribution >= 0.6 is 23.2 Å². The second-order valence-electron chi connectivity index (χ2n) is 5.06. The van der Waals surface area contributed by atoms with E-state index in [1.807, 2.05) is 0 Å². The van der Waals surface area contributed by atoms with Gasteiger partial charge in [-0.2, -0.15) is 5.26 Å². The lowest BCUT2D eigenvalue weighted by atomic mass is 10.1. The van der Waals surface area contributed by atoms with Gasteiger partial charge in [0, 0.05) is 16.7 Å². The first kappa shape index (κ1) is 18.8. The summed E-state index contributed by atoms with van der Waals surface area (Å²) in [6.07, 6.45) is 1.10. The number of nitriles is 1. The van der Waals surface area contributed by atoms with Crippen LogP contribution in [0.2, 0.25) is 10.0 Å². The van der Waals surface area contributed by atoms with Crippen molar-refractivity contribution in [2.24, 2.45) is 0 Å². The summed E-state index contributed by atoms with van der Waals surface area (Å²) in [5.74, 6) is -1.01. The Morgan fingerprint density at radius 1 is 1.32 bits per heavy atom. The number of nitrogens with zero attached hydrogens (tertiary/aromatic N) is 1. The number of ether oxygens (including phenoxy) is 1. The first-order valence-electron chi connectivity index (χ1n) is 7.08. The summed E-state index contributed by atoms with van der Waals surface area (Å²) in [5, 5.41) is 12.4. The molecule has 0 aromatic heterocycles. The molecule has 0 saturated heterocycles. The number of anilines is 1. The van der Waals surface area contributed by atoms with Crippen molar-refractivity contribution in [3.05, 3.63) is 62.9 Å². The third kappa shape index (κ3) is 4.30. The van der Waals surface area contributed by atoms with E-state index in [-0.39, 0.29) is 16.2 Å². The van der Waals surface area contributed by atoms with Crippen LogP contribution < -0.4 is 10.1 Å². The molecule has 0 aliphatic rings. The van der Waals surface area contributed by atoms with E-state index in [2.05, 4.69) is 5.32 Å². The molecule has 25 heavy (non-hydrogen) atoms. The molecule has 0 saturated carbocycles. The standard InChI is InChI=1S/C18H13Cl2FN2O2/c1-10-6-16(17(25-2)8-14(10)20)23-18(24)11(9-22)7-12-13(19)4-3-5-15(12)21/h3-8H,1-2H3,(H,23,24)/b11-7+. The monoisotopic (exact) mass is 378 g/mol. The first-order valence-corrected chi connectivity index (χ1v) is 7.84. The minimum Gasteiger partial charge on any atom is -0.495 e. The van der Waals surface area contributed by atoms with Crippen LogP contribution in [-0.4, -0.2) is 13.0 Å². The van der Waals surface area contributed by atoms with Crippen molar-refractivity contribution < 1.29 is 13.9 Å². The van der Waals surface area contributed by atoms with Gasteiger partial charge in [0.25, 0.3) is 5.91 Å². The number of hydrogen-bond donors (Lipinski definition) is 1. The number of methoxy groups -OCH3 is 1. The Morgan fingerprint density at radius 3 is 2.64 bits per heavy atom. The van der Waals surface area contributed by atoms with Crippen molar-refractivity contribution >= 4 is 40.9 Å². The molecular formula is C18H13Cl2FN2O2. The molecular weight excluding hydrogens is 366 g/mol. The van der Waals surface area contributed by atoms with Gasteiger partial charge in [0.2, 0.25) is 0 Å². The van der Waals surface area contributed by atoms with Crippen molar-refractivity contribution in [2.75, 3.05) is 12.4 Å². The van der Waals surface area contributed by atoms with E-state index in [0.717, 1.165) is 11.6 Å². The van der Waals surface area contributed by atoms with Crippen molar-refractivity contribution in [2.45, 2.75) is 6.92 Å². The molecule has 7 heteroatoms. The lowest BCUT2D eigenvalue weighted by Crippen LogP contribution is -2.14. The van der Waals surface area contributed by atoms with Gasteiger partial charge in [0.05, 0.1) is 17.8 Å². The maximum absolute atomic E-state index is 13.8. The molecule has 4 nitrogen and oxygen atoms in total. The minimum absolute atomic E-state index is 0.0323. The number of aryl methyl sites for hydroxylation is 1. The summed E-state index contributed by atoms with van der Waals surface area (Å²) in [4.78, 5) is 12.4. The Bertz CT molecular complexity index is 884. The molecule has 0 radical (unpaired) electrons. The van der Waals surface area contributed by atoms with Gasteiger partial charge in [-0.3, -0.25) is 4.79 Å². The Morgan fingerprint density at radius 2 is 2.04 bits per heavy atom. The van der Waals surface area contributed by atoms with Crippen LogP contribution in [-0.2, 0) is 4.79 Å². The highest BCUT2D eigenvalue weighted by atomic mass is 35.5. The molecule has 1 N–H and O–H groups in total. The molecule has 0 fully saturated rings. The molecule has 0 bridgehead atoms. The van der Waals surface area contributed by atoms with E-state index in [4.69, 9.17) is 27.9 Å².